The molecule has 1 unspecified atom stereocenters. The molecule has 0 spiro atoms. The molecule has 3 aromatic carbocycles. The number of aromatic hydroxyl groups is 2. The lowest BCUT2D eigenvalue weighted by Gasteiger charge is -2.40. The second-order valence-electron chi connectivity index (χ2n) is 9.41. The lowest BCUT2D eigenvalue weighted by Crippen LogP contribution is -2.37. The summed E-state index contributed by atoms with van der Waals surface area (Å²) in [6, 6.07) is 12.1. The van der Waals surface area contributed by atoms with Crippen LogP contribution in [-0.4, -0.2) is 50.9 Å². The summed E-state index contributed by atoms with van der Waals surface area (Å²) in [5.41, 5.74) is 3.10. The Morgan fingerprint density at radius 2 is 1.55 bits per heavy atom. The molecule has 1 saturated heterocycles. The van der Waals surface area contributed by atoms with Gasteiger partial charge in [-0.1, -0.05) is 0 Å². The van der Waals surface area contributed by atoms with Gasteiger partial charge < -0.3 is 44.0 Å². The quantitative estimate of drug-likeness (QED) is 0.324. The second-order valence-corrected chi connectivity index (χ2v) is 9.41. The minimum atomic E-state index is -0.575. The first-order valence-electron chi connectivity index (χ1n) is 12.1. The van der Waals surface area contributed by atoms with Gasteiger partial charge in [-0.2, -0.15) is 0 Å². The third-order valence-corrected chi connectivity index (χ3v) is 7.55. The van der Waals surface area contributed by atoms with E-state index in [9.17, 15) is 15.0 Å². The number of ether oxygens (including phenoxy) is 6. The van der Waals surface area contributed by atoms with Gasteiger partial charge >= 0.3 is 5.97 Å². The number of fused-ring (bicyclic) bond motifs is 3. The number of hydrogen-bond donors (Lipinski definition) is 3. The first kappa shape index (κ1) is 23.9. The minimum Gasteiger partial charge on any atom is -0.504 e. The Morgan fingerprint density at radius 1 is 0.842 bits per heavy atom. The van der Waals surface area contributed by atoms with E-state index in [0.29, 0.717) is 28.6 Å². The monoisotopic (exact) mass is 521 g/mol. The van der Waals surface area contributed by atoms with Crippen molar-refractivity contribution < 1.29 is 43.4 Å². The highest BCUT2D eigenvalue weighted by atomic mass is 16.7. The number of benzene rings is 3. The molecular weight excluding hydrogens is 494 g/mol. The van der Waals surface area contributed by atoms with E-state index in [-0.39, 0.29) is 48.6 Å². The van der Waals surface area contributed by atoms with Crippen molar-refractivity contribution in [3.8, 4) is 40.2 Å². The van der Waals surface area contributed by atoms with Gasteiger partial charge in [0.1, 0.15) is 0 Å². The molecule has 2 heterocycles. The number of rotatable bonds is 6. The molecule has 198 valence electrons. The zero-order valence-corrected chi connectivity index (χ0v) is 21.0. The van der Waals surface area contributed by atoms with Crippen LogP contribution in [0.15, 0.2) is 42.5 Å². The smallest absolute Gasteiger partial charge is 0.310 e. The van der Waals surface area contributed by atoms with Crippen molar-refractivity contribution in [2.45, 2.75) is 12.0 Å². The maximum Gasteiger partial charge on any atom is 0.310 e. The van der Waals surface area contributed by atoms with Gasteiger partial charge in [-0.05, 0) is 53.1 Å². The minimum absolute atomic E-state index is 0.0966. The molecule has 0 radical (unpaired) electrons. The fraction of sp³-hybridized carbons (Fsp3) is 0.321. The molecular formula is C28H27NO9. The van der Waals surface area contributed by atoms with E-state index in [1.807, 2.05) is 30.3 Å². The summed E-state index contributed by atoms with van der Waals surface area (Å²) in [7, 11) is 4.55. The summed E-state index contributed by atoms with van der Waals surface area (Å²) < 4.78 is 33.1. The zero-order chi connectivity index (χ0) is 26.6. The number of phenols is 2. The molecule has 10 nitrogen and oxygen atoms in total. The average molecular weight is 522 g/mol. The fourth-order valence-corrected chi connectivity index (χ4v) is 5.80. The Balaban J connectivity index is 1.52. The van der Waals surface area contributed by atoms with Crippen LogP contribution in [-0.2, 0) is 9.53 Å². The van der Waals surface area contributed by atoms with E-state index in [1.165, 1.54) is 13.2 Å². The second kappa shape index (κ2) is 9.13. The van der Waals surface area contributed by atoms with Crippen LogP contribution in [0.2, 0.25) is 0 Å². The van der Waals surface area contributed by atoms with Gasteiger partial charge in [-0.3, -0.25) is 4.79 Å². The third kappa shape index (κ3) is 3.67. The Labute approximate surface area is 218 Å². The number of cyclic esters (lactones) is 1. The Bertz CT molecular complexity index is 1420. The first-order chi connectivity index (χ1) is 18.4. The van der Waals surface area contributed by atoms with Crippen molar-refractivity contribution in [3.05, 3.63) is 59.2 Å². The van der Waals surface area contributed by atoms with Crippen molar-refractivity contribution in [2.75, 3.05) is 40.0 Å². The molecule has 0 aromatic heterocycles. The SMILES string of the molecule is COc1ccc(NC2c3cc4c(cc3[C@@H](c3cc(O)c(O)c(OC)c3)[C@H]3C(=O)OC[C@H]23)OCO4)cc1OC. The normalized spacial score (nSPS) is 22.8. The van der Waals surface area contributed by atoms with Gasteiger partial charge in [0, 0.05) is 23.6 Å². The highest BCUT2D eigenvalue weighted by Crippen LogP contribution is 2.56. The molecule has 6 rings (SSSR count). The van der Waals surface area contributed by atoms with Gasteiger partial charge in [-0.15, -0.1) is 0 Å². The molecule has 0 bridgehead atoms. The lowest BCUT2D eigenvalue weighted by molar-refractivity contribution is -0.141. The van der Waals surface area contributed by atoms with E-state index in [0.717, 1.165) is 16.8 Å². The third-order valence-electron chi connectivity index (χ3n) is 7.55. The van der Waals surface area contributed by atoms with Gasteiger partial charge in [-0.25, -0.2) is 0 Å². The predicted molar refractivity (Wildman–Crippen MR) is 135 cm³/mol. The number of hydrogen-bond acceptors (Lipinski definition) is 10. The number of esters is 1. The lowest BCUT2D eigenvalue weighted by atomic mass is 9.65. The van der Waals surface area contributed by atoms with Gasteiger partial charge in [0.2, 0.25) is 12.5 Å². The van der Waals surface area contributed by atoms with E-state index in [1.54, 1.807) is 20.3 Å². The molecule has 3 aromatic rings. The fourth-order valence-electron chi connectivity index (χ4n) is 5.80. The molecule has 0 amide bonds. The van der Waals surface area contributed by atoms with Crippen LogP contribution in [0.3, 0.4) is 0 Å². The predicted octanol–water partition coefficient (Wildman–Crippen LogP) is 3.94. The van der Waals surface area contributed by atoms with Crippen LogP contribution in [0.1, 0.15) is 28.7 Å². The number of carbonyl (C=O) groups is 1. The molecule has 1 aliphatic carbocycles. The number of carbonyl (C=O) groups excluding carboxylic acids is 1. The topological polar surface area (TPSA) is 125 Å². The number of methoxy groups -OCH3 is 3. The summed E-state index contributed by atoms with van der Waals surface area (Å²) in [6.07, 6.45) is 0. The van der Waals surface area contributed by atoms with Crippen LogP contribution in [0, 0.1) is 11.8 Å². The van der Waals surface area contributed by atoms with Crippen LogP contribution >= 0.6 is 0 Å². The largest absolute Gasteiger partial charge is 0.504 e. The molecule has 2 aliphatic heterocycles. The van der Waals surface area contributed by atoms with E-state index in [4.69, 9.17) is 28.4 Å². The molecule has 3 aliphatic rings. The first-order valence-corrected chi connectivity index (χ1v) is 12.1. The van der Waals surface area contributed by atoms with Crippen LogP contribution in [0.5, 0.6) is 40.2 Å². The molecule has 10 heteroatoms. The van der Waals surface area contributed by atoms with Crippen LogP contribution in [0.25, 0.3) is 0 Å². The maximum atomic E-state index is 13.2. The Morgan fingerprint density at radius 3 is 2.26 bits per heavy atom. The standard InChI is InChI=1S/C28H27NO9/c1-33-19-5-4-14(8-20(19)34-2)29-26-16-10-22-21(37-12-38-22)9-15(16)24(25-17(26)11-36-28(25)32)13-6-18(30)27(31)23(7-13)35-3/h4-10,17,24-26,29-31H,11-12H2,1-3H3/t17-,24+,25-,26?/m0/s1. The van der Waals surface area contributed by atoms with Crippen molar-refractivity contribution in [1.82, 2.24) is 0 Å². The maximum absolute atomic E-state index is 13.2. The molecule has 4 atom stereocenters. The molecule has 3 N–H and O–H groups in total. The number of anilines is 1. The molecule has 0 saturated carbocycles. The Kier molecular flexibility index (Phi) is 5.74. The summed E-state index contributed by atoms with van der Waals surface area (Å²) in [5, 5.41) is 24.3. The summed E-state index contributed by atoms with van der Waals surface area (Å²) in [4.78, 5) is 13.2. The number of phenolic OH excluding ortho intramolecular Hbond substituents is 2. The van der Waals surface area contributed by atoms with Gasteiger partial charge in [0.15, 0.2) is 34.5 Å². The Hall–Kier alpha value is -4.47. The zero-order valence-electron chi connectivity index (χ0n) is 21.0. The number of nitrogens with one attached hydrogen (secondary N) is 1. The van der Waals surface area contributed by atoms with Crippen molar-refractivity contribution in [2.24, 2.45) is 11.8 Å². The van der Waals surface area contributed by atoms with E-state index < -0.39 is 11.8 Å². The van der Waals surface area contributed by atoms with Gasteiger partial charge in [0.05, 0.1) is 39.9 Å². The van der Waals surface area contributed by atoms with E-state index in [2.05, 4.69) is 5.32 Å². The highest BCUT2D eigenvalue weighted by molar-refractivity contribution is 5.79. The van der Waals surface area contributed by atoms with E-state index >= 15 is 0 Å². The summed E-state index contributed by atoms with van der Waals surface area (Å²) in [5.74, 6) is 0.0853. The van der Waals surface area contributed by atoms with Crippen LogP contribution in [0.4, 0.5) is 5.69 Å². The van der Waals surface area contributed by atoms with Gasteiger partial charge in [0.25, 0.3) is 0 Å². The highest BCUT2D eigenvalue weighted by Gasteiger charge is 2.52. The average Bonchev–Trinajstić information content (AvgIpc) is 3.55. The van der Waals surface area contributed by atoms with Crippen molar-refractivity contribution in [3.63, 3.8) is 0 Å². The molecule has 1 fully saturated rings. The molecule has 38 heavy (non-hydrogen) atoms. The summed E-state index contributed by atoms with van der Waals surface area (Å²) in [6.45, 7) is 0.305. The van der Waals surface area contributed by atoms with Crippen molar-refractivity contribution in [1.29, 1.82) is 0 Å². The van der Waals surface area contributed by atoms with Crippen molar-refractivity contribution >= 4 is 11.7 Å². The summed E-state index contributed by atoms with van der Waals surface area (Å²) >= 11 is 0. The van der Waals surface area contributed by atoms with Crippen LogP contribution < -0.4 is 29.0 Å².